The van der Waals surface area contributed by atoms with Gasteiger partial charge in [-0.3, -0.25) is 15.0 Å². The number of ether oxygens (including phenoxy) is 4. The van der Waals surface area contributed by atoms with Crippen LogP contribution in [0, 0.1) is 52.4 Å². The molecule has 6 aromatic carbocycles. The molecule has 2 aliphatic heterocycles. The van der Waals surface area contributed by atoms with Crippen molar-refractivity contribution in [2.24, 2.45) is 0 Å². The molecule has 2 fully saturated rings. The van der Waals surface area contributed by atoms with Crippen molar-refractivity contribution in [2.75, 3.05) is 13.2 Å². The van der Waals surface area contributed by atoms with Crippen molar-refractivity contribution in [3.8, 4) is 17.2 Å². The molecular weight excluding hydrogens is 1460 g/mol. The second-order valence-electron chi connectivity index (χ2n) is 20.8. The zero-order valence-electron chi connectivity index (χ0n) is 48.2. The average Bonchev–Trinajstić information content (AvgIpc) is 1.59. The van der Waals surface area contributed by atoms with Gasteiger partial charge in [0, 0.05) is 67.8 Å². The van der Waals surface area contributed by atoms with E-state index in [1.54, 1.807) is 12.1 Å². The van der Waals surface area contributed by atoms with E-state index in [-0.39, 0.29) is 73.7 Å². The van der Waals surface area contributed by atoms with Gasteiger partial charge >= 0.3 is 17.8 Å². The molecule has 0 amide bonds. The molecule has 2 aliphatic rings. The molecule has 0 saturated carbocycles. The van der Waals surface area contributed by atoms with E-state index in [9.17, 15) is 53.4 Å². The number of hydrogen-bond acceptors (Lipinski definition) is 12. The zero-order valence-corrected chi connectivity index (χ0v) is 52.1. The summed E-state index contributed by atoms with van der Waals surface area (Å²) in [5.41, 5.74) is -10.7. The normalized spacial score (nSPS) is 16.0. The lowest BCUT2D eigenvalue weighted by molar-refractivity contribution is -0.207. The first kappa shape index (κ1) is 76.8. The highest BCUT2D eigenvalue weighted by atomic mass is 79.9. The van der Waals surface area contributed by atoms with Gasteiger partial charge in [0.15, 0.2) is 16.8 Å². The monoisotopic (exact) mass is 1510 g/mol. The fourth-order valence-electron chi connectivity index (χ4n) is 9.19. The third kappa shape index (κ3) is 16.9. The Morgan fingerprint density at radius 2 is 0.918 bits per heavy atom. The molecule has 0 spiro atoms. The maximum absolute atomic E-state index is 15.7. The van der Waals surface area contributed by atoms with E-state index in [1.807, 2.05) is 0 Å². The molecule has 6 heterocycles. The molecule has 3 unspecified atom stereocenters. The van der Waals surface area contributed by atoms with Gasteiger partial charge in [0.1, 0.15) is 106 Å². The molecule has 520 valence electrons. The average molecular weight is 1510 g/mol. The van der Waals surface area contributed by atoms with Gasteiger partial charge in [0.2, 0.25) is 0 Å². The van der Waals surface area contributed by atoms with Crippen LogP contribution in [0.3, 0.4) is 0 Å². The topological polar surface area (TPSA) is 166 Å². The minimum Gasteiger partial charge on any atom is -0.506 e. The van der Waals surface area contributed by atoms with Crippen LogP contribution in [0.1, 0.15) is 66.7 Å². The van der Waals surface area contributed by atoms with Gasteiger partial charge in [-0.2, -0.15) is 26.3 Å². The molecule has 2 N–H and O–H groups in total. The molecule has 4 aromatic heterocycles. The fourth-order valence-corrected chi connectivity index (χ4v) is 10.1. The van der Waals surface area contributed by atoms with Crippen molar-refractivity contribution in [1.29, 1.82) is 0 Å². The van der Waals surface area contributed by atoms with E-state index in [0.29, 0.717) is 40.2 Å². The lowest BCUT2D eigenvalue weighted by Crippen LogP contribution is -2.48. The Bertz CT molecular complexity index is 4380. The molecule has 0 aliphatic carbocycles. The standard InChI is InChI=1S/C22H15ClF5N5O2.C21H13ClF5NO2.C14H9F4NO2.C7H5BrClF.2CH4.H2/c23-14-2-1-13(18(25)7-14)10-35-16-4-6-20(29-9-16)22(27,28)21(34,11-33-12-30-31-32-33)17-5-3-15(24)8-19(17)26;22-13-2-1-12(17(24)7-13)10-29-15-4-6-19(28-9-15)21(26,27)20(11-30-20)16-5-3-14(23)8-18(16)25;15-8-1-3-10(11(16)5-8)13(7-21-13)14(17,18)12-4-2-9(20)6-19-12;8-4-5-1-2-6(9)3-7(5)10;;;/h1-9,12,34H,10-11H2;1-9H,10-11H2;1-6,20H,7H2;1-3H,4H2;2*1H4;1H/i;;;;;;1+1. The van der Waals surface area contributed by atoms with Gasteiger partial charge < -0.3 is 29.2 Å². The lowest BCUT2D eigenvalue weighted by Gasteiger charge is -2.35. The molecule has 2 saturated heterocycles. The van der Waals surface area contributed by atoms with E-state index in [4.69, 9.17) is 58.9 Å². The third-order valence-corrected chi connectivity index (χ3v) is 15.8. The number of tetrazole rings is 1. The van der Waals surface area contributed by atoms with Crippen LogP contribution in [0.5, 0.6) is 17.2 Å². The summed E-state index contributed by atoms with van der Waals surface area (Å²) >= 11 is 20.1. The number of nitrogens with zero attached hydrogens (tertiary/aromatic N) is 7. The largest absolute Gasteiger partial charge is 0.506 e. The van der Waals surface area contributed by atoms with Gasteiger partial charge in [-0.1, -0.05) is 83.8 Å². The molecule has 0 radical (unpaired) electrons. The second-order valence-corrected chi connectivity index (χ2v) is 22.6. The van der Waals surface area contributed by atoms with Crippen molar-refractivity contribution >= 4 is 50.7 Å². The third-order valence-electron chi connectivity index (χ3n) is 14.5. The van der Waals surface area contributed by atoms with Gasteiger partial charge in [-0.15, -0.1) is 5.10 Å². The Balaban J connectivity index is 0.000000220. The summed E-state index contributed by atoms with van der Waals surface area (Å²) in [4.78, 5) is 10.8. The van der Waals surface area contributed by atoms with E-state index < -0.39 is 135 Å². The predicted molar refractivity (Wildman–Crippen MR) is 333 cm³/mol. The number of epoxide rings is 2. The Morgan fingerprint density at radius 1 is 0.510 bits per heavy atom. The predicted octanol–water partition coefficient (Wildman–Crippen LogP) is 18.1. The van der Waals surface area contributed by atoms with Gasteiger partial charge in [0.05, 0.1) is 38.3 Å². The molecule has 0 bridgehead atoms. The molecule has 98 heavy (non-hydrogen) atoms. The highest BCUT2D eigenvalue weighted by Crippen LogP contribution is 2.58. The maximum atomic E-state index is 15.7. The minimum atomic E-state index is -4.21. The maximum Gasteiger partial charge on any atom is 0.324 e. The summed E-state index contributed by atoms with van der Waals surface area (Å²) in [7, 11) is 0. The fraction of sp³-hybridized carbons (Fsp3) is 0.212. The summed E-state index contributed by atoms with van der Waals surface area (Å²) in [5, 5.41) is 31.7. The Labute approximate surface area is 573 Å². The number of alkyl halides is 7. The van der Waals surface area contributed by atoms with Crippen molar-refractivity contribution in [2.45, 2.75) is 74.5 Å². The number of aromatic nitrogens is 7. The molecule has 3 atom stereocenters. The van der Waals surface area contributed by atoms with Crippen LogP contribution >= 0.6 is 50.7 Å². The van der Waals surface area contributed by atoms with Crippen LogP contribution in [0.25, 0.3) is 0 Å². The van der Waals surface area contributed by atoms with E-state index in [1.165, 1.54) is 36.4 Å². The van der Waals surface area contributed by atoms with Crippen LogP contribution in [0.2, 0.25) is 15.1 Å². The van der Waals surface area contributed by atoms with Crippen molar-refractivity contribution in [3.63, 3.8) is 0 Å². The number of aromatic hydroxyl groups is 1. The van der Waals surface area contributed by atoms with E-state index in [2.05, 4.69) is 46.4 Å². The number of halogens is 19. The first-order chi connectivity index (χ1) is 45.4. The Morgan fingerprint density at radius 3 is 1.28 bits per heavy atom. The number of hydrogen-bond donors (Lipinski definition) is 2. The Hall–Kier alpha value is -8.58. The van der Waals surface area contributed by atoms with Crippen molar-refractivity contribution < 1.29 is 96.4 Å². The summed E-state index contributed by atoms with van der Waals surface area (Å²) in [6.45, 7) is -2.23. The smallest absolute Gasteiger partial charge is 0.324 e. The Kier molecular flexibility index (Phi) is 24.7. The van der Waals surface area contributed by atoms with Crippen LogP contribution in [0.15, 0.2) is 171 Å². The van der Waals surface area contributed by atoms with Gasteiger partial charge in [0.25, 0.3) is 0 Å². The molecular formula is C66H52BrCl3F15N7O6. The summed E-state index contributed by atoms with van der Waals surface area (Å²) in [6.07, 6.45) is 3.80. The lowest BCUT2D eigenvalue weighted by atomic mass is 9.84. The van der Waals surface area contributed by atoms with Gasteiger partial charge in [-0.05, 0) is 125 Å². The highest BCUT2D eigenvalue weighted by Gasteiger charge is 2.69. The number of aliphatic hydroxyl groups is 1. The van der Waals surface area contributed by atoms with Crippen LogP contribution in [-0.4, -0.2) is 58.6 Å². The summed E-state index contributed by atoms with van der Waals surface area (Å²) in [6, 6.07) is 25.4. The summed E-state index contributed by atoms with van der Waals surface area (Å²) in [5.74, 6) is -19.5. The van der Waals surface area contributed by atoms with Crippen LogP contribution < -0.4 is 9.47 Å². The molecule has 13 nitrogen and oxygen atoms in total. The quantitative estimate of drug-likeness (QED) is 0.0475. The number of pyridine rings is 3. The molecule has 12 rings (SSSR count). The molecule has 32 heteroatoms. The second kappa shape index (κ2) is 31.5. The zero-order chi connectivity index (χ0) is 69.5. The van der Waals surface area contributed by atoms with Crippen LogP contribution in [0.4, 0.5) is 65.9 Å². The van der Waals surface area contributed by atoms with E-state index >= 15 is 17.6 Å². The van der Waals surface area contributed by atoms with E-state index in [0.717, 1.165) is 102 Å². The first-order valence-corrected chi connectivity index (χ1v) is 29.6. The summed E-state index contributed by atoms with van der Waals surface area (Å²) < 4.78 is 234. The number of rotatable bonds is 18. The number of benzene rings is 6. The highest BCUT2D eigenvalue weighted by molar-refractivity contribution is 9.08. The van der Waals surface area contributed by atoms with Crippen molar-refractivity contribution in [3.05, 3.63) is 288 Å². The van der Waals surface area contributed by atoms with Gasteiger partial charge in [-0.25, -0.2) is 44.2 Å². The first-order valence-electron chi connectivity index (χ1n) is 27.4. The minimum absolute atomic E-state index is 0. The SMILES string of the molecule is C.C.Fc1cc(Cl)ccc1CBr.Fc1ccc(C2(C(F)(F)c3ccc(OCc4ccc(Cl)cc4F)cn3)CO2)c(F)c1.OC(Cn1cnnn1)(c1ccc(F)cc1F)C(F)(F)c1ccc(OCc2ccc(Cl)cc2F)cn1.Oc1ccc(C(F)(F)C2(c3ccc(F)cc3F)CO2)nc1.[2HH]. The van der Waals surface area contributed by atoms with Crippen molar-refractivity contribution in [1.82, 2.24) is 35.2 Å². The molecule has 10 aromatic rings. The van der Waals surface area contributed by atoms with Crippen LogP contribution in [-0.2, 0) is 69.1 Å².